The molecule has 0 aromatic carbocycles. The number of carbonyl (C=O) groups excluding carboxylic acids is 1. The van der Waals surface area contributed by atoms with E-state index in [0.29, 0.717) is 19.4 Å². The number of hydrogen-bond donors (Lipinski definition) is 1. The lowest BCUT2D eigenvalue weighted by molar-refractivity contribution is -0.906. The Morgan fingerprint density at radius 3 is 2.33 bits per heavy atom. The molecule has 1 heterocycles. The third kappa shape index (κ3) is 1.57. The summed E-state index contributed by atoms with van der Waals surface area (Å²) in [4.78, 5) is 23.2. The molecule has 1 saturated heterocycles. The monoisotopic (exact) mass is 214 g/mol. The summed E-state index contributed by atoms with van der Waals surface area (Å²) in [5.74, 6) is -0.782. The molecule has 0 radical (unpaired) electrons. The first kappa shape index (κ1) is 12.2. The summed E-state index contributed by atoms with van der Waals surface area (Å²) in [6.45, 7) is 8.27. The van der Waals surface area contributed by atoms with Gasteiger partial charge in [-0.2, -0.15) is 0 Å². The zero-order chi connectivity index (χ0) is 11.9. The van der Waals surface area contributed by atoms with Crippen molar-refractivity contribution in [2.24, 2.45) is 0 Å². The highest BCUT2D eigenvalue weighted by molar-refractivity contribution is 5.81. The SMILES string of the molecule is CC[N+]1(C(C)(C)C)C(=O)CC[C@H]1C(=O)O. The molecule has 1 aliphatic rings. The lowest BCUT2D eigenvalue weighted by Gasteiger charge is -2.45. The average Bonchev–Trinajstić information content (AvgIpc) is 2.42. The fourth-order valence-corrected chi connectivity index (χ4v) is 2.88. The maximum atomic E-state index is 12.0. The maximum Gasteiger partial charge on any atom is 0.363 e. The summed E-state index contributed by atoms with van der Waals surface area (Å²) in [7, 11) is 0. The van der Waals surface area contributed by atoms with Crippen molar-refractivity contribution in [3.05, 3.63) is 0 Å². The molecular weight excluding hydrogens is 194 g/mol. The van der Waals surface area contributed by atoms with Crippen molar-refractivity contribution in [2.45, 2.75) is 52.1 Å². The average molecular weight is 214 g/mol. The molecule has 0 spiro atoms. The molecule has 1 rings (SSSR count). The second-order valence-corrected chi connectivity index (χ2v) is 5.14. The number of amides is 1. The smallest absolute Gasteiger partial charge is 0.363 e. The van der Waals surface area contributed by atoms with Crippen LogP contribution in [0.5, 0.6) is 0 Å². The van der Waals surface area contributed by atoms with Gasteiger partial charge < -0.3 is 5.11 Å². The third-order valence-corrected chi connectivity index (χ3v) is 3.59. The van der Waals surface area contributed by atoms with Crippen LogP contribution < -0.4 is 0 Å². The van der Waals surface area contributed by atoms with Crippen molar-refractivity contribution in [1.82, 2.24) is 0 Å². The Kier molecular flexibility index (Phi) is 2.92. The predicted molar refractivity (Wildman–Crippen MR) is 56.2 cm³/mol. The van der Waals surface area contributed by atoms with Crippen molar-refractivity contribution in [2.75, 3.05) is 6.54 Å². The number of rotatable bonds is 2. The van der Waals surface area contributed by atoms with Crippen LogP contribution in [0.2, 0.25) is 0 Å². The second-order valence-electron chi connectivity index (χ2n) is 5.14. The molecule has 1 amide bonds. The molecule has 4 heteroatoms. The molecule has 0 aromatic heterocycles. The van der Waals surface area contributed by atoms with E-state index in [1.165, 1.54) is 0 Å². The molecule has 1 N–H and O–H groups in total. The van der Waals surface area contributed by atoms with E-state index < -0.39 is 12.0 Å². The Hall–Kier alpha value is -0.900. The summed E-state index contributed by atoms with van der Waals surface area (Å²) in [5, 5.41) is 9.19. The molecule has 15 heavy (non-hydrogen) atoms. The number of nitrogens with zero attached hydrogens (tertiary/aromatic N) is 1. The minimum absolute atomic E-state index is 0.0670. The number of hydrogen-bond acceptors (Lipinski definition) is 2. The predicted octanol–water partition coefficient (Wildman–Crippen LogP) is 1.40. The van der Waals surface area contributed by atoms with E-state index in [2.05, 4.69) is 0 Å². The molecule has 0 saturated carbocycles. The Bertz CT molecular complexity index is 293. The van der Waals surface area contributed by atoms with E-state index in [-0.39, 0.29) is 15.9 Å². The molecule has 0 bridgehead atoms. The Morgan fingerprint density at radius 1 is 1.53 bits per heavy atom. The van der Waals surface area contributed by atoms with Crippen LogP contribution in [-0.2, 0) is 9.59 Å². The van der Waals surface area contributed by atoms with Gasteiger partial charge in [-0.25, -0.2) is 14.1 Å². The van der Waals surface area contributed by atoms with Gasteiger partial charge in [0.1, 0.15) is 0 Å². The fourth-order valence-electron chi connectivity index (χ4n) is 2.88. The van der Waals surface area contributed by atoms with Gasteiger partial charge in [-0.15, -0.1) is 0 Å². The van der Waals surface area contributed by atoms with Crippen LogP contribution in [0.15, 0.2) is 0 Å². The van der Waals surface area contributed by atoms with Gasteiger partial charge in [-0.3, -0.25) is 0 Å². The largest absolute Gasteiger partial charge is 0.477 e. The highest BCUT2D eigenvalue weighted by Gasteiger charge is 2.58. The van der Waals surface area contributed by atoms with Crippen LogP contribution in [0, 0.1) is 0 Å². The molecule has 86 valence electrons. The summed E-state index contributed by atoms with van der Waals surface area (Å²) < 4.78 is 0.0856. The molecule has 1 unspecified atom stereocenters. The number of carboxylic acids is 1. The molecule has 1 aliphatic heterocycles. The van der Waals surface area contributed by atoms with Crippen LogP contribution in [0.4, 0.5) is 0 Å². The Balaban J connectivity index is 3.24. The number of aliphatic carboxylic acids is 1. The molecule has 4 nitrogen and oxygen atoms in total. The van der Waals surface area contributed by atoms with Gasteiger partial charge >= 0.3 is 11.9 Å². The summed E-state index contributed by atoms with van der Waals surface area (Å²) >= 11 is 0. The number of likely N-dealkylation sites (tertiary alicyclic amines) is 1. The fraction of sp³-hybridized carbons (Fsp3) is 0.818. The summed E-state index contributed by atoms with van der Waals surface area (Å²) in [6, 6.07) is -0.567. The van der Waals surface area contributed by atoms with Crippen molar-refractivity contribution < 1.29 is 19.2 Å². The van der Waals surface area contributed by atoms with E-state index in [1.54, 1.807) is 0 Å². The van der Waals surface area contributed by atoms with Crippen LogP contribution in [0.1, 0.15) is 40.5 Å². The lowest BCUT2D eigenvalue weighted by Crippen LogP contribution is -2.66. The lowest BCUT2D eigenvalue weighted by atomic mass is 9.99. The molecule has 0 aliphatic carbocycles. The van der Waals surface area contributed by atoms with E-state index in [0.717, 1.165) is 0 Å². The van der Waals surface area contributed by atoms with E-state index in [9.17, 15) is 14.7 Å². The van der Waals surface area contributed by atoms with Crippen LogP contribution in [-0.4, -0.2) is 39.6 Å². The van der Waals surface area contributed by atoms with Crippen molar-refractivity contribution in [3.63, 3.8) is 0 Å². The molecular formula is C11H20NO3+. The van der Waals surface area contributed by atoms with E-state index in [4.69, 9.17) is 0 Å². The van der Waals surface area contributed by atoms with Crippen molar-refractivity contribution in [3.8, 4) is 0 Å². The van der Waals surface area contributed by atoms with Gasteiger partial charge in [0, 0.05) is 6.42 Å². The zero-order valence-electron chi connectivity index (χ0n) is 9.91. The van der Waals surface area contributed by atoms with E-state index >= 15 is 0 Å². The molecule has 2 atom stereocenters. The van der Waals surface area contributed by atoms with Gasteiger partial charge in [-0.05, 0) is 27.7 Å². The Labute approximate surface area is 90.5 Å². The van der Waals surface area contributed by atoms with Gasteiger partial charge in [-0.1, -0.05) is 0 Å². The highest BCUT2D eigenvalue weighted by Crippen LogP contribution is 2.37. The van der Waals surface area contributed by atoms with Crippen molar-refractivity contribution >= 4 is 11.9 Å². The Morgan fingerprint density at radius 2 is 2.07 bits per heavy atom. The molecule has 0 aromatic rings. The molecule has 1 fully saturated rings. The van der Waals surface area contributed by atoms with E-state index in [1.807, 2.05) is 27.7 Å². The van der Waals surface area contributed by atoms with Gasteiger partial charge in [0.25, 0.3) is 0 Å². The minimum Gasteiger partial charge on any atom is -0.477 e. The number of likely N-dealkylation sites (N-methyl/N-ethyl adjacent to an activating group) is 1. The van der Waals surface area contributed by atoms with Gasteiger partial charge in [0.05, 0.1) is 18.5 Å². The first-order valence-electron chi connectivity index (χ1n) is 5.41. The quantitative estimate of drug-likeness (QED) is 0.707. The first-order chi connectivity index (χ1) is 6.77. The van der Waals surface area contributed by atoms with Gasteiger partial charge in [0.2, 0.25) is 0 Å². The highest BCUT2D eigenvalue weighted by atomic mass is 16.4. The van der Waals surface area contributed by atoms with Crippen LogP contribution >= 0.6 is 0 Å². The first-order valence-corrected chi connectivity index (χ1v) is 5.41. The standard InChI is InChI=1S/C11H19NO3/c1-5-12(11(2,3)4)8(10(14)15)6-7-9(12)13/h8H,5-7H2,1-4H3/p+1/t8-,12?/m0/s1. The third-order valence-electron chi connectivity index (χ3n) is 3.59. The summed E-state index contributed by atoms with van der Waals surface area (Å²) in [5.41, 5.74) is -0.342. The van der Waals surface area contributed by atoms with Crippen molar-refractivity contribution in [1.29, 1.82) is 0 Å². The number of carbonyl (C=O) groups is 2. The normalized spacial score (nSPS) is 32.0. The summed E-state index contributed by atoms with van der Waals surface area (Å²) in [6.07, 6.45) is 0.862. The number of carboxylic acid groups (broad SMARTS) is 1. The second kappa shape index (κ2) is 3.59. The van der Waals surface area contributed by atoms with Crippen LogP contribution in [0.3, 0.4) is 0 Å². The maximum absolute atomic E-state index is 12.0. The minimum atomic E-state index is -0.849. The topological polar surface area (TPSA) is 54.4 Å². The van der Waals surface area contributed by atoms with Crippen LogP contribution in [0.25, 0.3) is 0 Å². The zero-order valence-corrected chi connectivity index (χ0v) is 9.91. The number of quaternary nitrogens is 1. The van der Waals surface area contributed by atoms with Gasteiger partial charge in [0.15, 0.2) is 6.04 Å².